The maximum Gasteiger partial charge on any atom is 0.262 e. The fraction of sp³-hybridized carbons (Fsp3) is 0.235. The van der Waals surface area contributed by atoms with Crippen molar-refractivity contribution < 1.29 is 17.9 Å². The van der Waals surface area contributed by atoms with E-state index in [1.54, 1.807) is 24.3 Å². The highest BCUT2D eigenvalue weighted by Gasteiger charge is 2.27. The van der Waals surface area contributed by atoms with E-state index in [9.17, 15) is 13.2 Å². The number of nitrogens with zero attached hydrogens (tertiary/aromatic N) is 2. The molecule has 3 rings (SSSR count). The zero-order valence-electron chi connectivity index (χ0n) is 14.5. The lowest BCUT2D eigenvalue weighted by Gasteiger charge is -2.06. The molecule has 0 unspecified atom stereocenters. The van der Waals surface area contributed by atoms with Gasteiger partial charge < -0.3 is 4.74 Å². The van der Waals surface area contributed by atoms with Crippen LogP contribution in [0.4, 0.5) is 5.95 Å². The van der Waals surface area contributed by atoms with E-state index in [1.165, 1.54) is 31.5 Å². The van der Waals surface area contributed by atoms with Crippen LogP contribution in [-0.2, 0) is 14.8 Å². The Kier molecular flexibility index (Phi) is 5.67. The quantitative estimate of drug-likeness (QED) is 0.456. The van der Waals surface area contributed by atoms with Gasteiger partial charge in [-0.3, -0.25) is 15.6 Å². The molecule has 1 aromatic carbocycles. The van der Waals surface area contributed by atoms with Crippen LogP contribution in [0.5, 0.6) is 5.88 Å². The van der Waals surface area contributed by atoms with Gasteiger partial charge in [0.05, 0.1) is 12.0 Å². The molecule has 1 fully saturated rings. The van der Waals surface area contributed by atoms with Gasteiger partial charge in [0.25, 0.3) is 5.91 Å². The SMILES string of the molecule is COc1ccnc(NNC(=O)/C=C/c2ccc(S(=O)(=O)NC3CC3)cc2)n1. The van der Waals surface area contributed by atoms with Crippen LogP contribution in [0.3, 0.4) is 0 Å². The van der Waals surface area contributed by atoms with E-state index in [1.807, 2.05) is 0 Å². The lowest BCUT2D eigenvalue weighted by molar-refractivity contribution is -0.116. The molecule has 0 aliphatic heterocycles. The van der Waals surface area contributed by atoms with Crippen LogP contribution in [0.25, 0.3) is 6.08 Å². The molecule has 1 aliphatic carbocycles. The zero-order valence-corrected chi connectivity index (χ0v) is 15.4. The Hall–Kier alpha value is -2.98. The number of carbonyl (C=O) groups excluding carboxylic acids is 1. The average molecular weight is 389 g/mol. The maximum absolute atomic E-state index is 12.1. The van der Waals surface area contributed by atoms with Gasteiger partial charge in [0.15, 0.2) is 0 Å². The molecule has 142 valence electrons. The first-order chi connectivity index (χ1) is 13.0. The summed E-state index contributed by atoms with van der Waals surface area (Å²) in [6.07, 6.45) is 6.12. The number of rotatable bonds is 8. The van der Waals surface area contributed by atoms with Crippen molar-refractivity contribution >= 4 is 28.0 Å². The minimum absolute atomic E-state index is 0.0549. The number of hydrazine groups is 1. The summed E-state index contributed by atoms with van der Waals surface area (Å²) in [5.74, 6) is 0.130. The molecule has 10 heteroatoms. The minimum Gasteiger partial charge on any atom is -0.481 e. The number of methoxy groups -OCH3 is 1. The molecule has 3 N–H and O–H groups in total. The number of ether oxygens (including phenoxy) is 1. The number of benzene rings is 1. The predicted octanol–water partition coefficient (Wildman–Crippen LogP) is 1.08. The Balaban J connectivity index is 1.54. The van der Waals surface area contributed by atoms with Gasteiger partial charge in [-0.25, -0.2) is 18.1 Å². The average Bonchev–Trinajstić information content (AvgIpc) is 3.48. The van der Waals surface area contributed by atoms with Crippen molar-refractivity contribution in [2.45, 2.75) is 23.8 Å². The van der Waals surface area contributed by atoms with E-state index in [2.05, 4.69) is 25.5 Å². The van der Waals surface area contributed by atoms with Gasteiger partial charge in [0, 0.05) is 24.4 Å². The Morgan fingerprint density at radius 3 is 2.63 bits per heavy atom. The molecule has 1 aromatic heterocycles. The molecule has 0 radical (unpaired) electrons. The number of anilines is 1. The summed E-state index contributed by atoms with van der Waals surface area (Å²) in [4.78, 5) is 20.0. The fourth-order valence-electron chi connectivity index (χ4n) is 2.09. The lowest BCUT2D eigenvalue weighted by Crippen LogP contribution is -2.28. The first-order valence-electron chi connectivity index (χ1n) is 8.20. The minimum atomic E-state index is -3.48. The molecular weight excluding hydrogens is 370 g/mol. The van der Waals surface area contributed by atoms with E-state index in [4.69, 9.17) is 4.74 Å². The van der Waals surface area contributed by atoms with Crippen molar-refractivity contribution in [1.82, 2.24) is 20.1 Å². The summed E-state index contributed by atoms with van der Waals surface area (Å²) in [5.41, 5.74) is 5.68. The largest absolute Gasteiger partial charge is 0.481 e. The van der Waals surface area contributed by atoms with Crippen LogP contribution >= 0.6 is 0 Å². The second kappa shape index (κ2) is 8.14. The molecule has 0 bridgehead atoms. The van der Waals surface area contributed by atoms with Crippen LogP contribution in [0.2, 0.25) is 0 Å². The van der Waals surface area contributed by atoms with Gasteiger partial charge in [0.1, 0.15) is 0 Å². The summed E-state index contributed by atoms with van der Waals surface area (Å²) in [5, 5.41) is 0. The van der Waals surface area contributed by atoms with Crippen LogP contribution in [0, 0.1) is 0 Å². The van der Waals surface area contributed by atoms with E-state index >= 15 is 0 Å². The first-order valence-corrected chi connectivity index (χ1v) is 9.68. The molecule has 1 amide bonds. The van der Waals surface area contributed by atoms with Crippen molar-refractivity contribution in [3.8, 4) is 5.88 Å². The van der Waals surface area contributed by atoms with Crippen LogP contribution in [0.1, 0.15) is 18.4 Å². The Labute approximate surface area is 156 Å². The molecule has 0 atom stereocenters. The standard InChI is InChI=1S/C17H19N5O4S/c1-26-16-10-11-18-17(19-16)21-20-15(23)9-4-12-2-7-14(8-3-12)27(24,25)22-13-5-6-13/h2-4,7-11,13,22H,5-6H2,1H3,(H,20,23)(H,18,19,21)/b9-4+. The van der Waals surface area contributed by atoms with E-state index in [0.717, 1.165) is 12.8 Å². The van der Waals surface area contributed by atoms with Gasteiger partial charge >= 0.3 is 0 Å². The van der Waals surface area contributed by atoms with Crippen LogP contribution < -0.4 is 20.3 Å². The molecule has 0 spiro atoms. The Morgan fingerprint density at radius 2 is 1.96 bits per heavy atom. The molecule has 9 nitrogen and oxygen atoms in total. The second-order valence-corrected chi connectivity index (χ2v) is 7.55. The van der Waals surface area contributed by atoms with Crippen LogP contribution in [-0.4, -0.2) is 37.4 Å². The molecular formula is C17H19N5O4S. The van der Waals surface area contributed by atoms with E-state index in [0.29, 0.717) is 11.4 Å². The molecule has 27 heavy (non-hydrogen) atoms. The third-order valence-corrected chi connectivity index (χ3v) is 5.19. The van der Waals surface area contributed by atoms with E-state index in [-0.39, 0.29) is 16.9 Å². The zero-order chi connectivity index (χ0) is 19.3. The van der Waals surface area contributed by atoms with Crippen molar-refractivity contribution in [3.63, 3.8) is 0 Å². The van der Waals surface area contributed by atoms with Gasteiger partial charge in [-0.05, 0) is 36.6 Å². The number of hydrogen-bond donors (Lipinski definition) is 3. The van der Waals surface area contributed by atoms with E-state index < -0.39 is 15.9 Å². The van der Waals surface area contributed by atoms with Gasteiger partial charge in [0.2, 0.25) is 21.9 Å². The van der Waals surface area contributed by atoms with Gasteiger partial charge in [-0.2, -0.15) is 4.98 Å². The second-order valence-electron chi connectivity index (χ2n) is 5.83. The highest BCUT2D eigenvalue weighted by atomic mass is 32.2. The molecule has 1 saturated carbocycles. The summed E-state index contributed by atoms with van der Waals surface area (Å²) in [6.45, 7) is 0. The van der Waals surface area contributed by atoms with Gasteiger partial charge in [-0.15, -0.1) is 0 Å². The number of hydrogen-bond acceptors (Lipinski definition) is 7. The topological polar surface area (TPSA) is 122 Å². The molecule has 1 aliphatic rings. The lowest BCUT2D eigenvalue weighted by atomic mass is 10.2. The smallest absolute Gasteiger partial charge is 0.262 e. The Morgan fingerprint density at radius 1 is 1.22 bits per heavy atom. The monoisotopic (exact) mass is 389 g/mol. The highest BCUT2D eigenvalue weighted by Crippen LogP contribution is 2.22. The molecule has 2 aromatic rings. The Bertz CT molecular complexity index is 940. The highest BCUT2D eigenvalue weighted by molar-refractivity contribution is 7.89. The van der Waals surface area contributed by atoms with Gasteiger partial charge in [-0.1, -0.05) is 12.1 Å². The summed E-state index contributed by atoms with van der Waals surface area (Å²) in [7, 11) is -2.00. The van der Waals surface area contributed by atoms with Crippen molar-refractivity contribution in [2.24, 2.45) is 0 Å². The fourth-order valence-corrected chi connectivity index (χ4v) is 3.40. The van der Waals surface area contributed by atoms with Crippen molar-refractivity contribution in [3.05, 3.63) is 48.2 Å². The predicted molar refractivity (Wildman–Crippen MR) is 99.2 cm³/mol. The number of carbonyl (C=O) groups is 1. The maximum atomic E-state index is 12.1. The normalized spacial score (nSPS) is 14.1. The van der Waals surface area contributed by atoms with Crippen molar-refractivity contribution in [1.29, 1.82) is 0 Å². The molecule has 0 saturated heterocycles. The molecule has 1 heterocycles. The van der Waals surface area contributed by atoms with Crippen molar-refractivity contribution in [2.75, 3.05) is 12.5 Å². The van der Waals surface area contributed by atoms with Crippen LogP contribution in [0.15, 0.2) is 47.5 Å². The summed E-state index contributed by atoms with van der Waals surface area (Å²) >= 11 is 0. The third kappa shape index (κ3) is 5.50. The number of amides is 1. The number of aromatic nitrogens is 2. The number of sulfonamides is 1. The summed E-state index contributed by atoms with van der Waals surface area (Å²) < 4.78 is 31.8. The number of nitrogens with one attached hydrogen (secondary N) is 3. The first kappa shape index (κ1) is 18.8. The summed E-state index contributed by atoms with van der Waals surface area (Å²) in [6, 6.07) is 7.90. The third-order valence-electron chi connectivity index (χ3n) is 3.65.